The molecular formula is C18H26N2O. The normalized spacial score (nSPS) is 24.8. The number of hydrogen-bond acceptors (Lipinski definition) is 2. The van der Waals surface area contributed by atoms with Gasteiger partial charge in [0.2, 0.25) is 5.91 Å². The van der Waals surface area contributed by atoms with Gasteiger partial charge in [-0.2, -0.15) is 0 Å². The molecule has 0 spiro atoms. The number of benzene rings is 1. The van der Waals surface area contributed by atoms with E-state index in [2.05, 4.69) is 23.6 Å². The van der Waals surface area contributed by atoms with Crippen LogP contribution in [0.5, 0.6) is 0 Å². The van der Waals surface area contributed by atoms with Crippen molar-refractivity contribution in [2.45, 2.75) is 64.0 Å². The van der Waals surface area contributed by atoms with E-state index in [0.717, 1.165) is 24.4 Å². The summed E-state index contributed by atoms with van der Waals surface area (Å²) in [5.74, 6) is 0.861. The molecular weight excluding hydrogens is 260 g/mol. The van der Waals surface area contributed by atoms with Crippen molar-refractivity contribution in [2.24, 2.45) is 5.92 Å². The van der Waals surface area contributed by atoms with E-state index in [-0.39, 0.29) is 11.9 Å². The highest BCUT2D eigenvalue weighted by molar-refractivity contribution is 5.96. The predicted octanol–water partition coefficient (Wildman–Crippen LogP) is 3.50. The molecule has 1 aromatic rings. The van der Waals surface area contributed by atoms with Gasteiger partial charge in [-0.25, -0.2) is 0 Å². The summed E-state index contributed by atoms with van der Waals surface area (Å²) in [5.41, 5.74) is 2.23. The van der Waals surface area contributed by atoms with Crippen LogP contribution in [0.1, 0.15) is 51.0 Å². The number of hydrogen-bond donors (Lipinski definition) is 2. The third kappa shape index (κ3) is 3.46. The van der Waals surface area contributed by atoms with Crippen LogP contribution in [0.25, 0.3) is 0 Å². The molecule has 2 N–H and O–H groups in total. The lowest BCUT2D eigenvalue weighted by Crippen LogP contribution is -2.47. The van der Waals surface area contributed by atoms with E-state index in [1.165, 1.54) is 37.7 Å². The van der Waals surface area contributed by atoms with Gasteiger partial charge in [0.05, 0.1) is 6.04 Å². The lowest BCUT2D eigenvalue weighted by atomic mass is 9.84. The Labute approximate surface area is 127 Å². The number of rotatable bonds is 3. The molecule has 1 amide bonds. The topological polar surface area (TPSA) is 41.1 Å². The standard InChI is InChI=1S/C18H26N2O/c1-13(14-7-3-2-4-8-14)19-17-12-11-15-9-5-6-10-16(15)20-18(17)21/h5-6,9-10,13-14,17,19H,2-4,7-8,11-12H2,1H3,(H,20,21)/t13-,17?/m0/s1. The van der Waals surface area contributed by atoms with Gasteiger partial charge < -0.3 is 10.6 Å². The molecule has 0 radical (unpaired) electrons. The number of amides is 1. The van der Waals surface area contributed by atoms with Crippen molar-refractivity contribution < 1.29 is 4.79 Å². The quantitative estimate of drug-likeness (QED) is 0.893. The fourth-order valence-corrected chi connectivity index (χ4v) is 3.76. The molecule has 0 saturated heterocycles. The van der Waals surface area contributed by atoms with Gasteiger partial charge in [-0.15, -0.1) is 0 Å². The molecule has 1 aliphatic carbocycles. The molecule has 114 valence electrons. The van der Waals surface area contributed by atoms with Crippen LogP contribution in [-0.4, -0.2) is 18.0 Å². The van der Waals surface area contributed by atoms with Crippen LogP contribution in [0.4, 0.5) is 5.69 Å². The Morgan fingerprint density at radius 1 is 1.14 bits per heavy atom. The number of fused-ring (bicyclic) bond motifs is 1. The summed E-state index contributed by atoms with van der Waals surface area (Å²) in [5, 5.41) is 6.68. The molecule has 1 aliphatic heterocycles. The Hall–Kier alpha value is -1.35. The van der Waals surface area contributed by atoms with Crippen molar-refractivity contribution in [2.75, 3.05) is 5.32 Å². The van der Waals surface area contributed by atoms with Gasteiger partial charge in [-0.3, -0.25) is 4.79 Å². The van der Waals surface area contributed by atoms with E-state index >= 15 is 0 Å². The van der Waals surface area contributed by atoms with Crippen LogP contribution in [-0.2, 0) is 11.2 Å². The summed E-state index contributed by atoms with van der Waals surface area (Å²) in [7, 11) is 0. The van der Waals surface area contributed by atoms with Gasteiger partial charge in [-0.1, -0.05) is 37.5 Å². The van der Waals surface area contributed by atoms with E-state index in [9.17, 15) is 4.79 Å². The SMILES string of the molecule is C[C@H](NC1CCc2ccccc2NC1=O)C1CCCCC1. The van der Waals surface area contributed by atoms with Gasteiger partial charge in [-0.05, 0) is 50.2 Å². The molecule has 2 aliphatic rings. The third-order valence-corrected chi connectivity index (χ3v) is 5.12. The van der Waals surface area contributed by atoms with E-state index in [4.69, 9.17) is 0 Å². The van der Waals surface area contributed by atoms with Crippen molar-refractivity contribution in [1.29, 1.82) is 0 Å². The first-order chi connectivity index (χ1) is 10.2. The molecule has 3 rings (SSSR count). The Bertz CT molecular complexity index is 494. The first-order valence-corrected chi connectivity index (χ1v) is 8.39. The lowest BCUT2D eigenvalue weighted by Gasteiger charge is -2.31. The van der Waals surface area contributed by atoms with Gasteiger partial charge in [0.15, 0.2) is 0 Å². The van der Waals surface area contributed by atoms with Crippen molar-refractivity contribution in [3.63, 3.8) is 0 Å². The molecule has 2 atom stereocenters. The number of anilines is 1. The maximum Gasteiger partial charge on any atom is 0.241 e. The fraction of sp³-hybridized carbons (Fsp3) is 0.611. The highest BCUT2D eigenvalue weighted by Gasteiger charge is 2.27. The molecule has 3 nitrogen and oxygen atoms in total. The van der Waals surface area contributed by atoms with Crippen molar-refractivity contribution in [1.82, 2.24) is 5.32 Å². The minimum Gasteiger partial charge on any atom is -0.324 e. The second-order valence-electron chi connectivity index (χ2n) is 6.59. The zero-order valence-corrected chi connectivity index (χ0v) is 12.9. The number of nitrogens with one attached hydrogen (secondary N) is 2. The highest BCUT2D eigenvalue weighted by Crippen LogP contribution is 2.27. The highest BCUT2D eigenvalue weighted by atomic mass is 16.2. The Morgan fingerprint density at radius 2 is 1.90 bits per heavy atom. The van der Waals surface area contributed by atoms with E-state index in [0.29, 0.717) is 6.04 Å². The van der Waals surface area contributed by atoms with Crippen LogP contribution in [0.3, 0.4) is 0 Å². The number of carbonyl (C=O) groups excluding carboxylic acids is 1. The summed E-state index contributed by atoms with van der Waals surface area (Å²) >= 11 is 0. The molecule has 0 bridgehead atoms. The van der Waals surface area contributed by atoms with Crippen LogP contribution < -0.4 is 10.6 Å². The Morgan fingerprint density at radius 3 is 2.71 bits per heavy atom. The maximum atomic E-state index is 12.4. The smallest absolute Gasteiger partial charge is 0.241 e. The lowest BCUT2D eigenvalue weighted by molar-refractivity contribution is -0.118. The second kappa shape index (κ2) is 6.61. The number of para-hydroxylation sites is 1. The zero-order valence-electron chi connectivity index (χ0n) is 12.9. The molecule has 1 fully saturated rings. The van der Waals surface area contributed by atoms with E-state index in [1.54, 1.807) is 0 Å². The Kier molecular flexibility index (Phi) is 4.59. The molecule has 1 saturated carbocycles. The van der Waals surface area contributed by atoms with E-state index in [1.807, 2.05) is 18.2 Å². The summed E-state index contributed by atoms with van der Waals surface area (Å²) in [6.45, 7) is 2.25. The average Bonchev–Trinajstić information content (AvgIpc) is 2.67. The summed E-state index contributed by atoms with van der Waals surface area (Å²) in [6.07, 6.45) is 8.54. The monoisotopic (exact) mass is 286 g/mol. The first kappa shape index (κ1) is 14.6. The van der Waals surface area contributed by atoms with Crippen LogP contribution in [0.15, 0.2) is 24.3 Å². The van der Waals surface area contributed by atoms with Gasteiger partial charge >= 0.3 is 0 Å². The summed E-state index contributed by atoms with van der Waals surface area (Å²) in [4.78, 5) is 12.4. The van der Waals surface area contributed by atoms with Crippen molar-refractivity contribution in [3.8, 4) is 0 Å². The zero-order chi connectivity index (χ0) is 14.7. The summed E-state index contributed by atoms with van der Waals surface area (Å²) in [6, 6.07) is 8.51. The van der Waals surface area contributed by atoms with Crippen LogP contribution in [0.2, 0.25) is 0 Å². The third-order valence-electron chi connectivity index (χ3n) is 5.12. The van der Waals surface area contributed by atoms with Crippen molar-refractivity contribution in [3.05, 3.63) is 29.8 Å². The number of aryl methyl sites for hydroxylation is 1. The molecule has 3 heteroatoms. The largest absolute Gasteiger partial charge is 0.324 e. The van der Waals surface area contributed by atoms with Gasteiger partial charge in [0.1, 0.15) is 0 Å². The fourth-order valence-electron chi connectivity index (χ4n) is 3.76. The molecule has 0 aromatic heterocycles. The predicted molar refractivity (Wildman–Crippen MR) is 86.4 cm³/mol. The maximum absolute atomic E-state index is 12.4. The minimum atomic E-state index is -0.0608. The van der Waals surface area contributed by atoms with Crippen molar-refractivity contribution >= 4 is 11.6 Å². The second-order valence-corrected chi connectivity index (χ2v) is 6.59. The van der Waals surface area contributed by atoms with Gasteiger partial charge in [0.25, 0.3) is 0 Å². The molecule has 1 heterocycles. The van der Waals surface area contributed by atoms with E-state index < -0.39 is 0 Å². The van der Waals surface area contributed by atoms with Crippen LogP contribution in [0, 0.1) is 5.92 Å². The first-order valence-electron chi connectivity index (χ1n) is 8.39. The Balaban J connectivity index is 1.62. The molecule has 1 aromatic carbocycles. The molecule has 21 heavy (non-hydrogen) atoms. The van der Waals surface area contributed by atoms with Gasteiger partial charge in [0, 0.05) is 11.7 Å². The average molecular weight is 286 g/mol. The number of carbonyl (C=O) groups is 1. The molecule has 1 unspecified atom stereocenters. The van der Waals surface area contributed by atoms with Crippen LogP contribution >= 0.6 is 0 Å². The summed E-state index contributed by atoms with van der Waals surface area (Å²) < 4.78 is 0. The minimum absolute atomic E-state index is 0.0608.